The van der Waals surface area contributed by atoms with Gasteiger partial charge in [0.25, 0.3) is 0 Å². The normalized spacial score (nSPS) is 13.9. The summed E-state index contributed by atoms with van der Waals surface area (Å²) in [6.07, 6.45) is 2.87. The van der Waals surface area contributed by atoms with Crippen LogP contribution in [0.15, 0.2) is 48.5 Å². The van der Waals surface area contributed by atoms with Crippen molar-refractivity contribution >= 4 is 11.6 Å². The van der Waals surface area contributed by atoms with Crippen molar-refractivity contribution in [3.8, 4) is 0 Å². The summed E-state index contributed by atoms with van der Waals surface area (Å²) in [6, 6.07) is 16.4. The van der Waals surface area contributed by atoms with E-state index in [4.69, 9.17) is 5.73 Å². The molecule has 0 radical (unpaired) electrons. The summed E-state index contributed by atoms with van der Waals surface area (Å²) in [5, 5.41) is 3.45. The minimum atomic E-state index is -0.303. The SMILES string of the molecule is NC(=O)Cc1ccccc1NCc1ccccc1C1CC1. The number of carbonyl (C=O) groups is 1. The third-order valence-corrected chi connectivity index (χ3v) is 3.92. The van der Waals surface area contributed by atoms with Crippen LogP contribution < -0.4 is 11.1 Å². The maximum absolute atomic E-state index is 11.1. The number of hydrogen-bond donors (Lipinski definition) is 2. The maximum Gasteiger partial charge on any atom is 0.221 e. The van der Waals surface area contributed by atoms with Gasteiger partial charge in [0.2, 0.25) is 5.91 Å². The summed E-state index contributed by atoms with van der Waals surface area (Å²) in [5.41, 5.74) is 10.0. The lowest BCUT2D eigenvalue weighted by Crippen LogP contribution is -2.15. The van der Waals surface area contributed by atoms with Crippen molar-refractivity contribution in [2.24, 2.45) is 5.73 Å². The van der Waals surface area contributed by atoms with Gasteiger partial charge < -0.3 is 11.1 Å². The minimum absolute atomic E-state index is 0.271. The Morgan fingerprint density at radius 1 is 1.05 bits per heavy atom. The van der Waals surface area contributed by atoms with Crippen molar-refractivity contribution in [3.63, 3.8) is 0 Å². The molecule has 108 valence electrons. The fourth-order valence-electron chi connectivity index (χ4n) is 2.71. The Bertz CT molecular complexity index is 647. The van der Waals surface area contributed by atoms with Crippen molar-refractivity contribution in [1.82, 2.24) is 0 Å². The van der Waals surface area contributed by atoms with Gasteiger partial charge >= 0.3 is 0 Å². The number of anilines is 1. The van der Waals surface area contributed by atoms with Crippen molar-refractivity contribution in [1.29, 1.82) is 0 Å². The molecule has 0 heterocycles. The highest BCUT2D eigenvalue weighted by molar-refractivity contribution is 5.78. The number of benzene rings is 2. The number of primary amides is 1. The Kier molecular flexibility index (Phi) is 3.91. The van der Waals surface area contributed by atoms with Crippen molar-refractivity contribution < 1.29 is 4.79 Å². The molecule has 0 atom stereocenters. The Morgan fingerprint density at radius 2 is 1.71 bits per heavy atom. The molecule has 0 unspecified atom stereocenters. The van der Waals surface area contributed by atoms with E-state index in [0.717, 1.165) is 23.7 Å². The third-order valence-electron chi connectivity index (χ3n) is 3.92. The molecule has 0 bridgehead atoms. The molecule has 0 aromatic heterocycles. The van der Waals surface area contributed by atoms with Crippen LogP contribution in [0.25, 0.3) is 0 Å². The molecule has 3 nitrogen and oxygen atoms in total. The van der Waals surface area contributed by atoms with Crippen LogP contribution in [-0.4, -0.2) is 5.91 Å². The number of nitrogens with one attached hydrogen (secondary N) is 1. The maximum atomic E-state index is 11.1. The molecule has 1 aliphatic carbocycles. The number of rotatable bonds is 6. The lowest BCUT2D eigenvalue weighted by atomic mass is 10.0. The third kappa shape index (κ3) is 3.43. The van der Waals surface area contributed by atoms with Gasteiger partial charge in [0.15, 0.2) is 0 Å². The van der Waals surface area contributed by atoms with Crippen LogP contribution in [-0.2, 0) is 17.8 Å². The molecule has 1 amide bonds. The first-order chi connectivity index (χ1) is 10.2. The van der Waals surface area contributed by atoms with E-state index in [1.165, 1.54) is 24.0 Å². The van der Waals surface area contributed by atoms with E-state index in [9.17, 15) is 4.79 Å². The zero-order valence-electron chi connectivity index (χ0n) is 12.0. The second-order valence-electron chi connectivity index (χ2n) is 5.63. The molecule has 1 saturated carbocycles. The minimum Gasteiger partial charge on any atom is -0.381 e. The van der Waals surface area contributed by atoms with Crippen molar-refractivity contribution in [2.45, 2.75) is 31.7 Å². The molecule has 3 heteroatoms. The van der Waals surface area contributed by atoms with Gasteiger partial charge in [0, 0.05) is 12.2 Å². The van der Waals surface area contributed by atoms with Crippen molar-refractivity contribution in [3.05, 3.63) is 65.2 Å². The average Bonchev–Trinajstić information content (AvgIpc) is 3.31. The lowest BCUT2D eigenvalue weighted by molar-refractivity contribution is -0.117. The van der Waals surface area contributed by atoms with Gasteiger partial charge in [-0.05, 0) is 41.5 Å². The molecular formula is C18H20N2O. The zero-order chi connectivity index (χ0) is 14.7. The number of amides is 1. The first kappa shape index (κ1) is 13.7. The molecule has 3 rings (SSSR count). The van der Waals surface area contributed by atoms with Crippen LogP contribution in [0.1, 0.15) is 35.4 Å². The molecule has 0 spiro atoms. The largest absolute Gasteiger partial charge is 0.381 e. The van der Waals surface area contributed by atoms with Gasteiger partial charge in [-0.3, -0.25) is 4.79 Å². The quantitative estimate of drug-likeness (QED) is 0.853. The molecule has 0 aliphatic heterocycles. The molecular weight excluding hydrogens is 260 g/mol. The average molecular weight is 280 g/mol. The molecule has 2 aromatic rings. The van der Waals surface area contributed by atoms with E-state index in [1.54, 1.807) is 0 Å². The Hall–Kier alpha value is -2.29. The first-order valence-corrected chi connectivity index (χ1v) is 7.42. The highest BCUT2D eigenvalue weighted by atomic mass is 16.1. The smallest absolute Gasteiger partial charge is 0.221 e. The number of para-hydroxylation sites is 1. The van der Waals surface area contributed by atoms with Gasteiger partial charge in [-0.2, -0.15) is 0 Å². The van der Waals surface area contributed by atoms with E-state index in [1.807, 2.05) is 24.3 Å². The summed E-state index contributed by atoms with van der Waals surface area (Å²) in [7, 11) is 0. The van der Waals surface area contributed by atoms with Crippen LogP contribution in [0.3, 0.4) is 0 Å². The van der Waals surface area contributed by atoms with Crippen LogP contribution >= 0.6 is 0 Å². The first-order valence-electron chi connectivity index (χ1n) is 7.42. The van der Waals surface area contributed by atoms with E-state index < -0.39 is 0 Å². The number of nitrogens with two attached hydrogens (primary N) is 1. The number of hydrogen-bond acceptors (Lipinski definition) is 2. The van der Waals surface area contributed by atoms with Gasteiger partial charge in [-0.25, -0.2) is 0 Å². The Morgan fingerprint density at radius 3 is 2.43 bits per heavy atom. The predicted molar refractivity (Wildman–Crippen MR) is 85.1 cm³/mol. The van der Waals surface area contributed by atoms with Gasteiger partial charge in [-0.15, -0.1) is 0 Å². The van der Waals surface area contributed by atoms with E-state index in [-0.39, 0.29) is 12.3 Å². The summed E-state index contributed by atoms with van der Waals surface area (Å²) in [6.45, 7) is 0.780. The second-order valence-corrected chi connectivity index (χ2v) is 5.63. The van der Waals surface area contributed by atoms with Gasteiger partial charge in [0.05, 0.1) is 6.42 Å². The summed E-state index contributed by atoms with van der Waals surface area (Å²) >= 11 is 0. The van der Waals surface area contributed by atoms with Gasteiger partial charge in [-0.1, -0.05) is 42.5 Å². The Labute approximate surface area is 125 Å². The lowest BCUT2D eigenvalue weighted by Gasteiger charge is -2.13. The van der Waals surface area contributed by atoms with Crippen LogP contribution in [0.2, 0.25) is 0 Å². The van der Waals surface area contributed by atoms with Crippen LogP contribution in [0.5, 0.6) is 0 Å². The van der Waals surface area contributed by atoms with E-state index >= 15 is 0 Å². The second kappa shape index (κ2) is 6.00. The molecule has 2 aromatic carbocycles. The highest BCUT2D eigenvalue weighted by Crippen LogP contribution is 2.41. The summed E-state index contributed by atoms with van der Waals surface area (Å²) in [4.78, 5) is 11.1. The molecule has 0 saturated heterocycles. The summed E-state index contributed by atoms with van der Waals surface area (Å²) in [5.74, 6) is 0.437. The fraction of sp³-hybridized carbons (Fsp3) is 0.278. The molecule has 21 heavy (non-hydrogen) atoms. The number of carbonyl (C=O) groups excluding carboxylic acids is 1. The molecule has 3 N–H and O–H groups in total. The van der Waals surface area contributed by atoms with Gasteiger partial charge in [0.1, 0.15) is 0 Å². The topological polar surface area (TPSA) is 55.1 Å². The van der Waals surface area contributed by atoms with E-state index in [0.29, 0.717) is 0 Å². The fourth-order valence-corrected chi connectivity index (χ4v) is 2.71. The summed E-state index contributed by atoms with van der Waals surface area (Å²) < 4.78 is 0. The van der Waals surface area contributed by atoms with Crippen LogP contribution in [0, 0.1) is 0 Å². The van der Waals surface area contributed by atoms with Crippen LogP contribution in [0.4, 0.5) is 5.69 Å². The van der Waals surface area contributed by atoms with Crippen molar-refractivity contribution in [2.75, 3.05) is 5.32 Å². The Balaban J connectivity index is 1.75. The molecule has 1 fully saturated rings. The standard InChI is InChI=1S/C18H20N2O/c19-18(21)11-14-5-2-4-8-17(14)20-12-15-6-1-3-7-16(15)13-9-10-13/h1-8,13,20H,9-12H2,(H2,19,21). The zero-order valence-corrected chi connectivity index (χ0v) is 12.0. The predicted octanol–water partition coefficient (Wildman–Crippen LogP) is 3.20. The highest BCUT2D eigenvalue weighted by Gasteiger charge is 2.25. The van der Waals surface area contributed by atoms with E-state index in [2.05, 4.69) is 29.6 Å². The molecule has 1 aliphatic rings. The monoisotopic (exact) mass is 280 g/mol.